The summed E-state index contributed by atoms with van der Waals surface area (Å²) in [6.45, 7) is 6.85. The molecule has 9 nitrogen and oxygen atoms in total. The minimum atomic E-state index is -0.623. The Kier molecular flexibility index (Phi) is 6.41. The van der Waals surface area contributed by atoms with Crippen LogP contribution in [0.4, 0.5) is 5.82 Å². The summed E-state index contributed by atoms with van der Waals surface area (Å²) < 4.78 is 13.8. The zero-order valence-corrected chi connectivity index (χ0v) is 21.1. The Balaban J connectivity index is 1.70. The number of aryl methyl sites for hydroxylation is 1. The molecule has 2 aromatic heterocycles. The van der Waals surface area contributed by atoms with E-state index in [0.717, 1.165) is 0 Å². The summed E-state index contributed by atoms with van der Waals surface area (Å²) in [7, 11) is 3.28. The summed E-state index contributed by atoms with van der Waals surface area (Å²) >= 11 is 0. The van der Waals surface area contributed by atoms with Crippen LogP contribution in [0.1, 0.15) is 53.2 Å². The van der Waals surface area contributed by atoms with Crippen molar-refractivity contribution < 1.29 is 23.9 Å². The van der Waals surface area contributed by atoms with Gasteiger partial charge in [-0.3, -0.25) is 18.8 Å². The van der Waals surface area contributed by atoms with Gasteiger partial charge in [0.15, 0.2) is 5.82 Å². The monoisotopic (exact) mass is 488 g/mol. The number of nitrogens with zero attached hydrogens (tertiary/aromatic N) is 3. The lowest BCUT2D eigenvalue weighted by molar-refractivity contribution is 0.00693. The third-order valence-corrected chi connectivity index (χ3v) is 5.46. The van der Waals surface area contributed by atoms with Crippen molar-refractivity contribution in [3.05, 3.63) is 66.0 Å². The maximum Gasteiger partial charge on any atom is 0.338 e. The fraction of sp³-hybridized carbons (Fsp3) is 0.259. The molecule has 0 aliphatic carbocycles. The number of esters is 1. The lowest BCUT2D eigenvalue weighted by Gasteiger charge is -2.19. The molecule has 0 atom stereocenters. The normalized spacial score (nSPS) is 11.4. The molecular weight excluding hydrogens is 460 g/mol. The largest absolute Gasteiger partial charge is 0.497 e. The van der Waals surface area contributed by atoms with Crippen LogP contribution in [0.15, 0.2) is 54.9 Å². The first-order valence-electron chi connectivity index (χ1n) is 11.4. The molecule has 0 spiro atoms. The minimum absolute atomic E-state index is 0.221. The zero-order chi connectivity index (χ0) is 26.2. The second-order valence-corrected chi connectivity index (χ2v) is 9.42. The number of hydrogen-bond acceptors (Lipinski definition) is 6. The molecule has 0 bridgehead atoms. The van der Waals surface area contributed by atoms with Crippen LogP contribution in [0.2, 0.25) is 0 Å². The maximum absolute atomic E-state index is 13.4. The van der Waals surface area contributed by atoms with Crippen LogP contribution < -0.4 is 10.1 Å². The Morgan fingerprint density at radius 2 is 1.78 bits per heavy atom. The molecule has 0 unspecified atom stereocenters. The fourth-order valence-corrected chi connectivity index (χ4v) is 3.90. The lowest BCUT2D eigenvalue weighted by atomic mass is 10.0. The number of carbonyl (C=O) groups excluding carboxylic acids is 3. The molecule has 1 N–H and O–H groups in total. The second-order valence-electron chi connectivity index (χ2n) is 9.42. The summed E-state index contributed by atoms with van der Waals surface area (Å²) in [6.07, 6.45) is 3.26. The van der Waals surface area contributed by atoms with E-state index < -0.39 is 17.5 Å². The van der Waals surface area contributed by atoms with Crippen molar-refractivity contribution in [2.24, 2.45) is 7.05 Å². The van der Waals surface area contributed by atoms with E-state index in [4.69, 9.17) is 9.47 Å². The molecule has 0 fully saturated rings. The van der Waals surface area contributed by atoms with Crippen molar-refractivity contribution >= 4 is 34.5 Å². The SMILES string of the molecule is COc1ccc2c(c1)c(C(=O)Nc1nn(C)cc1-c1cccc(C(=O)OC(C)(C)C)c1)cn2C(C)=O. The Morgan fingerprint density at radius 3 is 2.44 bits per heavy atom. The summed E-state index contributed by atoms with van der Waals surface area (Å²) in [5.41, 5.74) is 1.99. The minimum Gasteiger partial charge on any atom is -0.497 e. The van der Waals surface area contributed by atoms with E-state index in [1.165, 1.54) is 24.8 Å². The van der Waals surface area contributed by atoms with Gasteiger partial charge in [0.1, 0.15) is 11.4 Å². The Bertz CT molecular complexity index is 1490. The summed E-state index contributed by atoms with van der Waals surface area (Å²) in [6, 6.07) is 12.1. The third kappa shape index (κ3) is 5.00. The predicted octanol–water partition coefficient (Wildman–Crippen LogP) is 4.92. The van der Waals surface area contributed by atoms with Gasteiger partial charge in [-0.1, -0.05) is 12.1 Å². The molecule has 186 valence electrons. The number of rotatable bonds is 5. The number of amides is 1. The van der Waals surface area contributed by atoms with Gasteiger partial charge < -0.3 is 14.8 Å². The average molecular weight is 489 g/mol. The van der Waals surface area contributed by atoms with Gasteiger partial charge in [0.05, 0.1) is 23.8 Å². The predicted molar refractivity (Wildman–Crippen MR) is 137 cm³/mol. The molecule has 0 aliphatic heterocycles. The Hall–Kier alpha value is -4.40. The highest BCUT2D eigenvalue weighted by Crippen LogP contribution is 2.30. The number of hydrogen-bond donors (Lipinski definition) is 1. The first-order valence-corrected chi connectivity index (χ1v) is 11.4. The Labute approximate surface area is 208 Å². The molecule has 0 aliphatic rings. The zero-order valence-electron chi connectivity index (χ0n) is 21.1. The summed E-state index contributed by atoms with van der Waals surface area (Å²) in [4.78, 5) is 38.1. The first kappa shape index (κ1) is 24.7. The number of methoxy groups -OCH3 is 1. The van der Waals surface area contributed by atoms with E-state index in [1.807, 2.05) is 26.8 Å². The molecule has 0 saturated heterocycles. The number of carbonyl (C=O) groups is 3. The van der Waals surface area contributed by atoms with Gasteiger partial charge in [-0.15, -0.1) is 0 Å². The molecular formula is C27H28N4O5. The number of anilines is 1. The molecule has 2 aromatic carbocycles. The second kappa shape index (κ2) is 9.33. The maximum atomic E-state index is 13.4. The van der Waals surface area contributed by atoms with Gasteiger partial charge in [-0.05, 0) is 56.7 Å². The van der Waals surface area contributed by atoms with Crippen molar-refractivity contribution in [3.8, 4) is 16.9 Å². The van der Waals surface area contributed by atoms with Crippen LogP contribution in [-0.4, -0.2) is 44.8 Å². The van der Waals surface area contributed by atoms with E-state index in [2.05, 4.69) is 10.4 Å². The molecule has 4 aromatic rings. The van der Waals surface area contributed by atoms with Gasteiger partial charge in [0.2, 0.25) is 5.91 Å². The highest BCUT2D eigenvalue weighted by atomic mass is 16.6. The van der Waals surface area contributed by atoms with Gasteiger partial charge in [0.25, 0.3) is 5.91 Å². The van der Waals surface area contributed by atoms with Gasteiger partial charge in [0, 0.05) is 37.3 Å². The van der Waals surface area contributed by atoms with Crippen LogP contribution in [-0.2, 0) is 11.8 Å². The fourth-order valence-electron chi connectivity index (χ4n) is 3.90. The van der Waals surface area contributed by atoms with Gasteiger partial charge in [-0.2, -0.15) is 5.10 Å². The van der Waals surface area contributed by atoms with Crippen LogP contribution in [0.3, 0.4) is 0 Å². The van der Waals surface area contributed by atoms with Crippen LogP contribution in [0.25, 0.3) is 22.0 Å². The molecule has 4 rings (SSSR count). The number of ether oxygens (including phenoxy) is 2. The van der Waals surface area contributed by atoms with Crippen molar-refractivity contribution in [3.63, 3.8) is 0 Å². The number of aromatic nitrogens is 3. The van der Waals surface area contributed by atoms with Crippen molar-refractivity contribution in [2.45, 2.75) is 33.3 Å². The quantitative estimate of drug-likeness (QED) is 0.400. The number of nitrogens with one attached hydrogen (secondary N) is 1. The first-order chi connectivity index (χ1) is 17.0. The van der Waals surface area contributed by atoms with E-state index in [-0.39, 0.29) is 5.91 Å². The van der Waals surface area contributed by atoms with Crippen molar-refractivity contribution in [1.29, 1.82) is 0 Å². The molecule has 0 radical (unpaired) electrons. The standard InChI is InChI=1S/C27H28N4O5/c1-16(32)31-15-22(20-13-19(35-6)10-11-23(20)31)25(33)28-24-21(14-30(5)29-24)17-8-7-9-18(12-17)26(34)36-27(2,3)4/h7-15H,1-6H3,(H,28,29,33). The molecule has 0 saturated carbocycles. The number of benzene rings is 2. The molecule has 36 heavy (non-hydrogen) atoms. The summed E-state index contributed by atoms with van der Waals surface area (Å²) in [5.74, 6) is -0.214. The topological polar surface area (TPSA) is 104 Å². The smallest absolute Gasteiger partial charge is 0.338 e. The average Bonchev–Trinajstić information content (AvgIpc) is 3.38. The third-order valence-electron chi connectivity index (χ3n) is 5.46. The van der Waals surface area contributed by atoms with E-state index >= 15 is 0 Å². The molecule has 2 heterocycles. The molecule has 1 amide bonds. The van der Waals surface area contributed by atoms with Gasteiger partial charge >= 0.3 is 5.97 Å². The number of fused-ring (bicyclic) bond motifs is 1. The van der Waals surface area contributed by atoms with Crippen LogP contribution in [0.5, 0.6) is 5.75 Å². The molecule has 9 heteroatoms. The van der Waals surface area contributed by atoms with Crippen LogP contribution >= 0.6 is 0 Å². The van der Waals surface area contributed by atoms with E-state index in [9.17, 15) is 14.4 Å². The van der Waals surface area contributed by atoms with Crippen LogP contribution in [0, 0.1) is 0 Å². The van der Waals surface area contributed by atoms with Crippen molar-refractivity contribution in [1.82, 2.24) is 14.3 Å². The van der Waals surface area contributed by atoms with E-state index in [0.29, 0.717) is 44.7 Å². The highest BCUT2D eigenvalue weighted by Gasteiger charge is 2.22. The lowest BCUT2D eigenvalue weighted by Crippen LogP contribution is -2.23. The Morgan fingerprint density at radius 1 is 1.03 bits per heavy atom. The highest BCUT2D eigenvalue weighted by molar-refractivity contribution is 6.15. The van der Waals surface area contributed by atoms with Crippen molar-refractivity contribution in [2.75, 3.05) is 12.4 Å². The summed E-state index contributed by atoms with van der Waals surface area (Å²) in [5, 5.41) is 7.85. The van der Waals surface area contributed by atoms with E-state index in [1.54, 1.807) is 54.3 Å². The van der Waals surface area contributed by atoms with Gasteiger partial charge in [-0.25, -0.2) is 4.79 Å².